The summed E-state index contributed by atoms with van der Waals surface area (Å²) >= 11 is 1.71. The van der Waals surface area contributed by atoms with Crippen molar-refractivity contribution in [3.05, 3.63) is 22.4 Å². The molecule has 0 bridgehead atoms. The van der Waals surface area contributed by atoms with E-state index in [1.54, 1.807) is 11.3 Å². The van der Waals surface area contributed by atoms with Crippen LogP contribution in [0.3, 0.4) is 0 Å². The molecule has 2 unspecified atom stereocenters. The van der Waals surface area contributed by atoms with Gasteiger partial charge in [-0.25, -0.2) is 4.79 Å². The number of hydrogen-bond donors (Lipinski definition) is 1. The largest absolute Gasteiger partial charge is 0.326 e. The zero-order chi connectivity index (χ0) is 14.8. The number of imide groups is 1. The molecule has 0 radical (unpaired) electrons. The monoisotopic (exact) mass is 306 g/mol. The second-order valence-corrected chi connectivity index (χ2v) is 7.13. The van der Waals surface area contributed by atoms with Crippen molar-refractivity contribution in [3.63, 3.8) is 0 Å². The molecular formula is C16H22N2O2S. The molecule has 1 aromatic heterocycles. The van der Waals surface area contributed by atoms with Gasteiger partial charge in [-0.3, -0.25) is 9.69 Å². The number of nitrogens with one attached hydrogen (secondary N) is 1. The normalized spacial score (nSPS) is 25.2. The molecule has 21 heavy (non-hydrogen) atoms. The summed E-state index contributed by atoms with van der Waals surface area (Å²) in [6.45, 7) is 2.12. The molecule has 2 atom stereocenters. The molecule has 5 heteroatoms. The average molecular weight is 306 g/mol. The number of rotatable bonds is 4. The predicted molar refractivity (Wildman–Crippen MR) is 83.4 cm³/mol. The van der Waals surface area contributed by atoms with Crippen LogP contribution in [-0.4, -0.2) is 28.9 Å². The third-order valence-corrected chi connectivity index (χ3v) is 5.71. The van der Waals surface area contributed by atoms with E-state index < -0.39 is 0 Å². The summed E-state index contributed by atoms with van der Waals surface area (Å²) in [5.74, 6) is 0.279. The van der Waals surface area contributed by atoms with Gasteiger partial charge in [-0.05, 0) is 36.6 Å². The summed E-state index contributed by atoms with van der Waals surface area (Å²) in [6, 6.07) is 3.70. The van der Waals surface area contributed by atoms with Crippen LogP contribution in [0, 0.1) is 0 Å². The minimum Gasteiger partial charge on any atom is -0.326 e. The highest BCUT2D eigenvalue weighted by atomic mass is 32.1. The third-order valence-electron chi connectivity index (χ3n) is 4.61. The number of carbonyl (C=O) groups excluding carboxylic acids is 2. The van der Waals surface area contributed by atoms with Gasteiger partial charge in [0.15, 0.2) is 0 Å². The quantitative estimate of drug-likeness (QED) is 0.866. The lowest BCUT2D eigenvalue weighted by Crippen LogP contribution is -2.42. The van der Waals surface area contributed by atoms with E-state index in [0.717, 1.165) is 25.7 Å². The molecule has 114 valence electrons. The highest BCUT2D eigenvalue weighted by molar-refractivity contribution is 7.10. The fraction of sp³-hybridized carbons (Fsp3) is 0.625. The van der Waals surface area contributed by atoms with E-state index in [-0.39, 0.29) is 24.0 Å². The molecule has 2 heterocycles. The van der Waals surface area contributed by atoms with Crippen LogP contribution in [0.2, 0.25) is 0 Å². The van der Waals surface area contributed by atoms with E-state index >= 15 is 0 Å². The zero-order valence-electron chi connectivity index (χ0n) is 12.4. The van der Waals surface area contributed by atoms with Crippen LogP contribution >= 0.6 is 11.3 Å². The minimum atomic E-state index is -0.350. The Hall–Kier alpha value is -1.36. The van der Waals surface area contributed by atoms with Crippen molar-refractivity contribution in [1.29, 1.82) is 0 Å². The summed E-state index contributed by atoms with van der Waals surface area (Å²) < 4.78 is 0. The molecular weight excluding hydrogens is 284 g/mol. The maximum absolute atomic E-state index is 12.6. The summed E-state index contributed by atoms with van der Waals surface area (Å²) in [6.07, 6.45) is 6.09. The minimum absolute atomic E-state index is 0.0182. The predicted octanol–water partition coefficient (Wildman–Crippen LogP) is 3.49. The first-order chi connectivity index (χ1) is 10.2. The van der Waals surface area contributed by atoms with E-state index in [9.17, 15) is 9.59 Å². The first-order valence-electron chi connectivity index (χ1n) is 7.84. The Balaban J connectivity index is 1.65. The van der Waals surface area contributed by atoms with E-state index in [2.05, 4.69) is 23.7 Å². The van der Waals surface area contributed by atoms with Crippen LogP contribution < -0.4 is 5.32 Å². The van der Waals surface area contributed by atoms with Gasteiger partial charge in [-0.1, -0.05) is 32.3 Å². The number of hydrogen-bond acceptors (Lipinski definition) is 3. The van der Waals surface area contributed by atoms with Crippen LogP contribution in [0.1, 0.15) is 56.2 Å². The lowest BCUT2D eigenvalue weighted by Gasteiger charge is -2.28. The van der Waals surface area contributed by atoms with Crippen LogP contribution in [0.5, 0.6) is 0 Å². The Kier molecular flexibility index (Phi) is 4.29. The van der Waals surface area contributed by atoms with Crippen molar-refractivity contribution < 1.29 is 9.59 Å². The van der Waals surface area contributed by atoms with Crippen molar-refractivity contribution in [2.24, 2.45) is 0 Å². The lowest BCUT2D eigenvalue weighted by atomic mass is 9.94. The second kappa shape index (κ2) is 6.18. The molecule has 3 rings (SSSR count). The Bertz CT molecular complexity index is 508. The van der Waals surface area contributed by atoms with Crippen LogP contribution in [0.4, 0.5) is 4.79 Å². The topological polar surface area (TPSA) is 49.4 Å². The van der Waals surface area contributed by atoms with Gasteiger partial charge < -0.3 is 5.32 Å². The van der Waals surface area contributed by atoms with Crippen LogP contribution in [0.25, 0.3) is 0 Å². The SMILES string of the molecule is CC(CC1NC(=O)N(C2CCCCC2)C1=O)c1cccs1. The molecule has 4 nitrogen and oxygen atoms in total. The maximum Gasteiger partial charge on any atom is 0.325 e. The Morgan fingerprint density at radius 1 is 1.33 bits per heavy atom. The molecule has 3 amide bonds. The molecule has 1 aromatic rings. The van der Waals surface area contributed by atoms with Gasteiger partial charge in [0, 0.05) is 10.9 Å². The summed E-state index contributed by atoms with van der Waals surface area (Å²) in [5.41, 5.74) is 0. The van der Waals surface area contributed by atoms with Crippen LogP contribution in [0.15, 0.2) is 17.5 Å². The molecule has 0 spiro atoms. The Morgan fingerprint density at radius 2 is 2.10 bits per heavy atom. The first kappa shape index (κ1) is 14.6. The van der Waals surface area contributed by atoms with Crippen molar-refractivity contribution in [2.45, 2.75) is 63.5 Å². The standard InChI is InChI=1S/C16H22N2O2S/c1-11(14-8-5-9-21-14)10-13-15(19)18(16(20)17-13)12-6-3-2-4-7-12/h5,8-9,11-13H,2-4,6-7,10H2,1H3,(H,17,20). The van der Waals surface area contributed by atoms with E-state index in [1.165, 1.54) is 16.2 Å². The van der Waals surface area contributed by atoms with E-state index in [0.29, 0.717) is 12.3 Å². The number of carbonyl (C=O) groups is 2. The first-order valence-corrected chi connectivity index (χ1v) is 8.71. The third kappa shape index (κ3) is 2.98. The van der Waals surface area contributed by atoms with Gasteiger partial charge in [0.25, 0.3) is 5.91 Å². The van der Waals surface area contributed by atoms with E-state index in [4.69, 9.17) is 0 Å². The van der Waals surface area contributed by atoms with Gasteiger partial charge >= 0.3 is 6.03 Å². The maximum atomic E-state index is 12.6. The summed E-state index contributed by atoms with van der Waals surface area (Å²) in [4.78, 5) is 27.5. The molecule has 1 saturated heterocycles. The van der Waals surface area contributed by atoms with Gasteiger partial charge in [0.2, 0.25) is 0 Å². The van der Waals surface area contributed by atoms with Gasteiger partial charge in [-0.2, -0.15) is 0 Å². The van der Waals surface area contributed by atoms with Crippen molar-refractivity contribution >= 4 is 23.3 Å². The fourth-order valence-electron chi connectivity index (χ4n) is 3.43. The van der Waals surface area contributed by atoms with E-state index in [1.807, 2.05) is 6.07 Å². The van der Waals surface area contributed by atoms with Crippen molar-refractivity contribution in [1.82, 2.24) is 10.2 Å². The van der Waals surface area contributed by atoms with Crippen LogP contribution in [-0.2, 0) is 4.79 Å². The summed E-state index contributed by atoms with van der Waals surface area (Å²) in [7, 11) is 0. The number of thiophene rings is 1. The molecule has 1 aliphatic carbocycles. The average Bonchev–Trinajstić information content (AvgIpc) is 3.09. The Labute approximate surface area is 129 Å². The smallest absolute Gasteiger partial charge is 0.325 e. The number of urea groups is 1. The fourth-order valence-corrected chi connectivity index (χ4v) is 4.23. The molecule has 0 aromatic carbocycles. The number of nitrogens with zero attached hydrogens (tertiary/aromatic N) is 1. The molecule has 1 N–H and O–H groups in total. The van der Waals surface area contributed by atoms with Gasteiger partial charge in [0.05, 0.1) is 0 Å². The molecule has 1 aliphatic heterocycles. The molecule has 2 fully saturated rings. The highest BCUT2D eigenvalue weighted by Gasteiger charge is 2.42. The van der Waals surface area contributed by atoms with Crippen molar-refractivity contribution in [2.75, 3.05) is 0 Å². The van der Waals surface area contributed by atoms with Crippen molar-refractivity contribution in [3.8, 4) is 0 Å². The van der Waals surface area contributed by atoms with Gasteiger partial charge in [-0.15, -0.1) is 11.3 Å². The van der Waals surface area contributed by atoms with Gasteiger partial charge in [0.1, 0.15) is 6.04 Å². The Morgan fingerprint density at radius 3 is 2.76 bits per heavy atom. The molecule has 1 saturated carbocycles. The zero-order valence-corrected chi connectivity index (χ0v) is 13.2. The summed E-state index contributed by atoms with van der Waals surface area (Å²) in [5, 5.41) is 4.94. The lowest BCUT2D eigenvalue weighted by molar-refractivity contribution is -0.129. The number of amides is 3. The second-order valence-electron chi connectivity index (χ2n) is 6.15. The molecule has 2 aliphatic rings. The highest BCUT2D eigenvalue weighted by Crippen LogP contribution is 2.30.